The molecule has 1 aromatic heterocycles. The number of carbonyl (C=O) groups is 2. The quantitative estimate of drug-likeness (QED) is 0.439. The lowest BCUT2D eigenvalue weighted by Crippen LogP contribution is -2.41. The van der Waals surface area contributed by atoms with Gasteiger partial charge < -0.3 is 10.0 Å². The molecule has 0 bridgehead atoms. The fourth-order valence-electron chi connectivity index (χ4n) is 3.43. The zero-order valence-corrected chi connectivity index (χ0v) is 18.8. The molecule has 4 nitrogen and oxygen atoms in total. The van der Waals surface area contributed by atoms with Crippen LogP contribution in [0.5, 0.6) is 0 Å². The van der Waals surface area contributed by atoms with Crippen LogP contribution in [0.4, 0.5) is 5.69 Å². The Balaban J connectivity index is 1.73. The summed E-state index contributed by atoms with van der Waals surface area (Å²) >= 11 is 16.9. The van der Waals surface area contributed by atoms with E-state index in [1.807, 2.05) is 0 Å². The van der Waals surface area contributed by atoms with Crippen LogP contribution in [0.15, 0.2) is 58.4 Å². The van der Waals surface area contributed by atoms with E-state index in [4.69, 9.17) is 23.2 Å². The van der Waals surface area contributed by atoms with Crippen molar-refractivity contribution in [2.45, 2.75) is 18.6 Å². The third-order valence-corrected chi connectivity index (χ3v) is 6.84. The number of carbonyl (C=O) groups excluding carboxylic acids is 2. The molecule has 2 heterocycles. The van der Waals surface area contributed by atoms with Crippen LogP contribution >= 0.6 is 50.5 Å². The predicted molar refractivity (Wildman–Crippen MR) is 119 cm³/mol. The van der Waals surface area contributed by atoms with Crippen molar-refractivity contribution in [1.29, 1.82) is 0 Å². The summed E-state index contributed by atoms with van der Waals surface area (Å²) in [7, 11) is 0. The summed E-state index contributed by atoms with van der Waals surface area (Å²) in [5.74, 6) is -0.838. The summed E-state index contributed by atoms with van der Waals surface area (Å²) in [5, 5.41) is 14.1. The number of benzene rings is 2. The molecule has 1 aliphatic rings. The minimum Gasteiger partial charge on any atom is -0.375 e. The van der Waals surface area contributed by atoms with Gasteiger partial charge in [-0.25, -0.2) is 0 Å². The van der Waals surface area contributed by atoms with Gasteiger partial charge in [-0.3, -0.25) is 9.59 Å². The molecule has 1 atom stereocenters. The molecule has 1 unspecified atom stereocenters. The van der Waals surface area contributed by atoms with E-state index in [0.717, 1.165) is 0 Å². The molecule has 3 aromatic rings. The number of rotatable bonds is 5. The lowest BCUT2D eigenvalue weighted by molar-refractivity contribution is -0.136. The van der Waals surface area contributed by atoms with Gasteiger partial charge >= 0.3 is 0 Å². The smallest absolute Gasteiger partial charge is 0.264 e. The first-order valence-corrected chi connectivity index (χ1v) is 11.1. The number of thiophene rings is 1. The summed E-state index contributed by atoms with van der Waals surface area (Å²) in [6.07, 6.45) is -0.333. The Morgan fingerprint density at radius 3 is 2.66 bits per heavy atom. The zero-order valence-electron chi connectivity index (χ0n) is 14.9. The van der Waals surface area contributed by atoms with Crippen LogP contribution < -0.4 is 4.90 Å². The molecular weight excluding hydrogens is 497 g/mol. The van der Waals surface area contributed by atoms with Crippen LogP contribution in [0.25, 0.3) is 0 Å². The van der Waals surface area contributed by atoms with E-state index in [9.17, 15) is 14.7 Å². The molecule has 0 radical (unpaired) electrons. The normalized spacial score (nSPS) is 18.2. The standard InChI is InChI=1S/C21H14BrCl2NO3S/c22-13-4-6-17-15(8-13)21(28,10-18(26)19-2-1-7-29-19)20(27)25(17)11-12-3-5-14(23)9-16(12)24/h1-9,28H,10-11H2. The first-order chi connectivity index (χ1) is 13.8. The molecule has 8 heteroatoms. The molecule has 0 saturated heterocycles. The maximum absolute atomic E-state index is 13.3. The number of ketones is 1. The van der Waals surface area contributed by atoms with E-state index in [0.29, 0.717) is 36.2 Å². The van der Waals surface area contributed by atoms with Gasteiger partial charge in [0.15, 0.2) is 11.4 Å². The van der Waals surface area contributed by atoms with Gasteiger partial charge in [0.2, 0.25) is 0 Å². The van der Waals surface area contributed by atoms with Crippen molar-refractivity contribution >= 4 is 67.8 Å². The maximum atomic E-state index is 13.3. The number of hydrogen-bond acceptors (Lipinski definition) is 4. The molecule has 1 amide bonds. The minimum absolute atomic E-state index is 0.152. The number of Topliss-reactive ketones (excluding diaryl/α,β-unsaturated/α-hetero) is 1. The molecule has 148 valence electrons. The van der Waals surface area contributed by atoms with E-state index in [-0.39, 0.29) is 18.7 Å². The van der Waals surface area contributed by atoms with Crippen LogP contribution in [0, 0.1) is 0 Å². The summed E-state index contributed by atoms with van der Waals surface area (Å²) in [4.78, 5) is 28.0. The van der Waals surface area contributed by atoms with Crippen molar-refractivity contribution in [3.05, 3.63) is 84.4 Å². The zero-order chi connectivity index (χ0) is 20.8. The molecule has 29 heavy (non-hydrogen) atoms. The van der Waals surface area contributed by atoms with E-state index in [1.54, 1.807) is 53.9 Å². The Hall–Kier alpha value is -1.70. The highest BCUT2D eigenvalue weighted by Crippen LogP contribution is 2.45. The number of halogens is 3. The number of nitrogens with zero attached hydrogens (tertiary/aromatic N) is 1. The second-order valence-electron chi connectivity index (χ2n) is 6.73. The van der Waals surface area contributed by atoms with Crippen molar-refractivity contribution in [2.75, 3.05) is 4.90 Å². The van der Waals surface area contributed by atoms with Gasteiger partial charge in [0, 0.05) is 20.1 Å². The fraction of sp³-hybridized carbons (Fsp3) is 0.143. The summed E-state index contributed by atoms with van der Waals surface area (Å²) in [6.45, 7) is 0.152. The number of anilines is 1. The summed E-state index contributed by atoms with van der Waals surface area (Å²) < 4.78 is 0.706. The second-order valence-corrected chi connectivity index (χ2v) is 9.43. The van der Waals surface area contributed by atoms with Gasteiger partial charge in [0.05, 0.1) is 23.5 Å². The third-order valence-electron chi connectivity index (χ3n) is 4.85. The Morgan fingerprint density at radius 1 is 1.17 bits per heavy atom. The van der Waals surface area contributed by atoms with Crippen molar-refractivity contribution in [3.8, 4) is 0 Å². The highest BCUT2D eigenvalue weighted by atomic mass is 79.9. The Kier molecular flexibility index (Phi) is 5.57. The molecule has 2 aromatic carbocycles. The van der Waals surface area contributed by atoms with Crippen molar-refractivity contribution in [2.24, 2.45) is 0 Å². The van der Waals surface area contributed by atoms with Crippen molar-refractivity contribution in [3.63, 3.8) is 0 Å². The monoisotopic (exact) mass is 509 g/mol. The molecule has 1 aliphatic heterocycles. The molecule has 1 N–H and O–H groups in total. The maximum Gasteiger partial charge on any atom is 0.264 e. The summed E-state index contributed by atoms with van der Waals surface area (Å²) in [5.41, 5.74) is -0.316. The lowest BCUT2D eigenvalue weighted by Gasteiger charge is -2.23. The van der Waals surface area contributed by atoms with Crippen LogP contribution in [0.1, 0.15) is 27.2 Å². The largest absolute Gasteiger partial charge is 0.375 e. The molecule has 0 spiro atoms. The molecule has 4 rings (SSSR count). The Morgan fingerprint density at radius 2 is 1.97 bits per heavy atom. The third kappa shape index (κ3) is 3.76. The predicted octanol–water partition coefficient (Wildman–Crippen LogP) is 5.82. The number of hydrogen-bond donors (Lipinski definition) is 1. The highest BCUT2D eigenvalue weighted by molar-refractivity contribution is 9.10. The van der Waals surface area contributed by atoms with Gasteiger partial charge in [-0.2, -0.15) is 0 Å². The van der Waals surface area contributed by atoms with Gasteiger partial charge in [-0.1, -0.05) is 51.3 Å². The van der Waals surface area contributed by atoms with Crippen LogP contribution in [0.3, 0.4) is 0 Å². The number of aliphatic hydroxyl groups is 1. The SMILES string of the molecule is O=C(CC1(O)C(=O)N(Cc2ccc(Cl)cc2Cl)c2ccc(Br)cc21)c1cccs1. The van der Waals surface area contributed by atoms with Gasteiger partial charge in [-0.15, -0.1) is 11.3 Å². The van der Waals surface area contributed by atoms with E-state index in [1.165, 1.54) is 16.2 Å². The average Bonchev–Trinajstić information content (AvgIpc) is 3.27. The van der Waals surface area contributed by atoms with E-state index >= 15 is 0 Å². The Labute approximate surface area is 189 Å². The first kappa shape index (κ1) is 20.6. The van der Waals surface area contributed by atoms with Crippen molar-refractivity contribution in [1.82, 2.24) is 0 Å². The van der Waals surface area contributed by atoms with Crippen LogP contribution in [-0.4, -0.2) is 16.8 Å². The second kappa shape index (κ2) is 7.85. The van der Waals surface area contributed by atoms with Crippen LogP contribution in [-0.2, 0) is 16.9 Å². The summed E-state index contributed by atoms with van der Waals surface area (Å²) in [6, 6.07) is 13.7. The number of fused-ring (bicyclic) bond motifs is 1. The average molecular weight is 511 g/mol. The van der Waals surface area contributed by atoms with Gasteiger partial charge in [0.1, 0.15) is 0 Å². The molecule has 0 fully saturated rings. The van der Waals surface area contributed by atoms with Gasteiger partial charge in [0.25, 0.3) is 5.91 Å². The fourth-order valence-corrected chi connectivity index (χ4v) is 4.92. The minimum atomic E-state index is -1.95. The molecule has 0 aliphatic carbocycles. The first-order valence-electron chi connectivity index (χ1n) is 8.64. The number of amides is 1. The van der Waals surface area contributed by atoms with Gasteiger partial charge in [-0.05, 0) is 47.3 Å². The van der Waals surface area contributed by atoms with E-state index < -0.39 is 11.5 Å². The molecular formula is C21H14BrCl2NO3S. The lowest BCUT2D eigenvalue weighted by atomic mass is 9.89. The van der Waals surface area contributed by atoms with Crippen molar-refractivity contribution < 1.29 is 14.7 Å². The Bertz CT molecular complexity index is 1120. The van der Waals surface area contributed by atoms with E-state index in [2.05, 4.69) is 15.9 Å². The van der Waals surface area contributed by atoms with Crippen LogP contribution in [0.2, 0.25) is 10.0 Å². The highest BCUT2D eigenvalue weighted by Gasteiger charge is 2.51. The molecule has 0 saturated carbocycles. The topological polar surface area (TPSA) is 57.6 Å².